The average Bonchev–Trinajstić information content (AvgIpc) is 2.75. The topological polar surface area (TPSA) is 12.0 Å². The summed E-state index contributed by atoms with van der Waals surface area (Å²) in [5, 5.41) is 7.79. The first-order chi connectivity index (χ1) is 7.66. The van der Waals surface area contributed by atoms with Gasteiger partial charge < -0.3 is 5.32 Å². The van der Waals surface area contributed by atoms with Gasteiger partial charge in [0, 0.05) is 16.2 Å². The Morgan fingerprint density at radius 1 is 1.31 bits per heavy atom. The quantitative estimate of drug-likeness (QED) is 0.841. The molecule has 2 aromatic rings. The highest BCUT2D eigenvalue weighted by atomic mass is 79.9. The number of anilines is 1. The molecule has 0 amide bonds. The Labute approximate surface area is 109 Å². The Balaban J connectivity index is 2.15. The third kappa shape index (κ3) is 2.66. The number of aryl methyl sites for hydroxylation is 1. The Kier molecular flexibility index (Phi) is 3.66. The Morgan fingerprint density at radius 3 is 2.75 bits per heavy atom. The van der Waals surface area contributed by atoms with Gasteiger partial charge >= 0.3 is 0 Å². The molecule has 1 aromatic carbocycles. The molecular weight excluding hydrogens is 282 g/mol. The summed E-state index contributed by atoms with van der Waals surface area (Å²) in [6.07, 6.45) is 0. The first kappa shape index (κ1) is 11.7. The van der Waals surface area contributed by atoms with Crippen molar-refractivity contribution in [3.8, 4) is 0 Å². The van der Waals surface area contributed by atoms with Crippen LogP contribution in [0.1, 0.15) is 24.1 Å². The molecule has 0 aliphatic carbocycles. The molecule has 1 heterocycles. The van der Waals surface area contributed by atoms with Crippen molar-refractivity contribution < 1.29 is 0 Å². The van der Waals surface area contributed by atoms with Crippen LogP contribution in [-0.2, 0) is 0 Å². The van der Waals surface area contributed by atoms with Crippen LogP contribution < -0.4 is 5.32 Å². The number of nitrogens with one attached hydrogen (secondary N) is 1. The van der Waals surface area contributed by atoms with Crippen molar-refractivity contribution in [2.75, 3.05) is 5.32 Å². The lowest BCUT2D eigenvalue weighted by Crippen LogP contribution is -2.05. The summed E-state index contributed by atoms with van der Waals surface area (Å²) in [6, 6.07) is 8.85. The molecule has 1 nitrogen and oxygen atoms in total. The molecule has 0 radical (unpaired) electrons. The summed E-state index contributed by atoms with van der Waals surface area (Å²) in [6.45, 7) is 4.27. The number of hydrogen-bond acceptors (Lipinski definition) is 2. The zero-order chi connectivity index (χ0) is 11.5. The SMILES string of the molecule is Cc1ccc(NC(C)c2ccsc2)c(Br)c1. The average molecular weight is 296 g/mol. The van der Waals surface area contributed by atoms with Gasteiger partial charge in [0.15, 0.2) is 0 Å². The molecule has 0 aliphatic rings. The highest BCUT2D eigenvalue weighted by Crippen LogP contribution is 2.28. The highest BCUT2D eigenvalue weighted by molar-refractivity contribution is 9.10. The van der Waals surface area contributed by atoms with Crippen LogP contribution in [0.25, 0.3) is 0 Å². The third-order valence-electron chi connectivity index (χ3n) is 2.54. The first-order valence-electron chi connectivity index (χ1n) is 5.21. The minimum atomic E-state index is 0.338. The smallest absolute Gasteiger partial charge is 0.0494 e. The van der Waals surface area contributed by atoms with Gasteiger partial charge in [0.1, 0.15) is 0 Å². The lowest BCUT2D eigenvalue weighted by atomic mass is 10.1. The van der Waals surface area contributed by atoms with Crippen molar-refractivity contribution in [1.29, 1.82) is 0 Å². The Hall–Kier alpha value is -0.800. The van der Waals surface area contributed by atoms with Crippen LogP contribution in [-0.4, -0.2) is 0 Å². The summed E-state index contributed by atoms with van der Waals surface area (Å²) in [5.74, 6) is 0. The van der Waals surface area contributed by atoms with Crippen molar-refractivity contribution >= 4 is 33.0 Å². The zero-order valence-corrected chi connectivity index (χ0v) is 11.7. The van der Waals surface area contributed by atoms with Crippen LogP contribution in [0.3, 0.4) is 0 Å². The largest absolute Gasteiger partial charge is 0.378 e. The second-order valence-electron chi connectivity index (χ2n) is 3.91. The molecule has 1 atom stereocenters. The van der Waals surface area contributed by atoms with E-state index in [-0.39, 0.29) is 0 Å². The molecule has 1 aromatic heterocycles. The van der Waals surface area contributed by atoms with E-state index in [1.165, 1.54) is 11.1 Å². The molecule has 2 rings (SSSR count). The molecular formula is C13H14BrNS. The minimum Gasteiger partial charge on any atom is -0.378 e. The zero-order valence-electron chi connectivity index (χ0n) is 9.33. The van der Waals surface area contributed by atoms with Gasteiger partial charge in [0.25, 0.3) is 0 Å². The molecule has 0 saturated carbocycles. The normalized spacial score (nSPS) is 12.4. The number of rotatable bonds is 3. The third-order valence-corrected chi connectivity index (χ3v) is 3.90. The van der Waals surface area contributed by atoms with Gasteiger partial charge in [-0.15, -0.1) is 0 Å². The maximum Gasteiger partial charge on any atom is 0.0494 e. The van der Waals surface area contributed by atoms with Crippen molar-refractivity contribution in [2.24, 2.45) is 0 Å². The van der Waals surface area contributed by atoms with E-state index in [4.69, 9.17) is 0 Å². The molecule has 0 fully saturated rings. The molecule has 84 valence electrons. The molecule has 1 N–H and O–H groups in total. The van der Waals surface area contributed by atoms with E-state index in [1.807, 2.05) is 0 Å². The molecule has 0 spiro atoms. The fraction of sp³-hybridized carbons (Fsp3) is 0.231. The van der Waals surface area contributed by atoms with Gasteiger partial charge in [0.2, 0.25) is 0 Å². The Morgan fingerprint density at radius 2 is 2.12 bits per heavy atom. The van der Waals surface area contributed by atoms with Gasteiger partial charge in [-0.1, -0.05) is 6.07 Å². The molecule has 0 bridgehead atoms. The van der Waals surface area contributed by atoms with E-state index in [0.29, 0.717) is 6.04 Å². The maximum atomic E-state index is 3.58. The van der Waals surface area contributed by atoms with E-state index in [1.54, 1.807) is 11.3 Å². The summed E-state index contributed by atoms with van der Waals surface area (Å²) in [4.78, 5) is 0. The van der Waals surface area contributed by atoms with E-state index in [9.17, 15) is 0 Å². The van der Waals surface area contributed by atoms with Gasteiger partial charge in [-0.05, 0) is 69.9 Å². The number of thiophene rings is 1. The van der Waals surface area contributed by atoms with E-state index >= 15 is 0 Å². The van der Waals surface area contributed by atoms with Crippen molar-refractivity contribution in [1.82, 2.24) is 0 Å². The molecule has 16 heavy (non-hydrogen) atoms. The van der Waals surface area contributed by atoms with Gasteiger partial charge in [0.05, 0.1) is 0 Å². The van der Waals surface area contributed by atoms with Crippen LogP contribution in [0, 0.1) is 6.92 Å². The summed E-state index contributed by atoms with van der Waals surface area (Å²) in [7, 11) is 0. The number of halogens is 1. The van der Waals surface area contributed by atoms with Crippen LogP contribution >= 0.6 is 27.3 Å². The van der Waals surface area contributed by atoms with Crippen LogP contribution in [0.2, 0.25) is 0 Å². The number of hydrogen-bond donors (Lipinski definition) is 1. The van der Waals surface area contributed by atoms with Crippen molar-refractivity contribution in [2.45, 2.75) is 19.9 Å². The lowest BCUT2D eigenvalue weighted by molar-refractivity contribution is 0.889. The lowest BCUT2D eigenvalue weighted by Gasteiger charge is -2.15. The van der Waals surface area contributed by atoms with Crippen molar-refractivity contribution in [3.05, 3.63) is 50.6 Å². The summed E-state index contributed by atoms with van der Waals surface area (Å²) >= 11 is 5.31. The summed E-state index contributed by atoms with van der Waals surface area (Å²) < 4.78 is 1.12. The molecule has 0 aliphatic heterocycles. The fourth-order valence-corrected chi connectivity index (χ4v) is 2.94. The monoisotopic (exact) mass is 295 g/mol. The van der Waals surface area contributed by atoms with Crippen LogP contribution in [0.4, 0.5) is 5.69 Å². The maximum absolute atomic E-state index is 3.58. The second kappa shape index (κ2) is 5.02. The van der Waals surface area contributed by atoms with Crippen LogP contribution in [0.15, 0.2) is 39.5 Å². The molecule has 3 heteroatoms. The van der Waals surface area contributed by atoms with E-state index < -0.39 is 0 Å². The van der Waals surface area contributed by atoms with Gasteiger partial charge in [-0.2, -0.15) is 11.3 Å². The van der Waals surface area contributed by atoms with E-state index in [0.717, 1.165) is 10.2 Å². The second-order valence-corrected chi connectivity index (χ2v) is 5.54. The van der Waals surface area contributed by atoms with E-state index in [2.05, 4.69) is 70.1 Å². The van der Waals surface area contributed by atoms with Crippen LogP contribution in [0.5, 0.6) is 0 Å². The standard InChI is InChI=1S/C13H14BrNS/c1-9-3-4-13(12(14)7-9)15-10(2)11-5-6-16-8-11/h3-8,10,15H,1-2H3. The predicted molar refractivity (Wildman–Crippen MR) is 75.2 cm³/mol. The van der Waals surface area contributed by atoms with Gasteiger partial charge in [-0.3, -0.25) is 0 Å². The molecule has 0 saturated heterocycles. The number of benzene rings is 1. The van der Waals surface area contributed by atoms with Gasteiger partial charge in [-0.25, -0.2) is 0 Å². The van der Waals surface area contributed by atoms with Crippen molar-refractivity contribution in [3.63, 3.8) is 0 Å². The molecule has 1 unspecified atom stereocenters. The highest BCUT2D eigenvalue weighted by Gasteiger charge is 2.07. The summed E-state index contributed by atoms with van der Waals surface area (Å²) in [5.41, 5.74) is 3.74. The predicted octanol–water partition coefficient (Wildman–Crippen LogP) is 4.99. The minimum absolute atomic E-state index is 0.338. The first-order valence-corrected chi connectivity index (χ1v) is 6.95. The Bertz CT molecular complexity index is 465. The fourth-order valence-electron chi connectivity index (χ4n) is 1.58.